The first-order chi connectivity index (χ1) is 8.44. The van der Waals surface area contributed by atoms with Crippen LogP contribution in [0.1, 0.15) is 49.7 Å². The van der Waals surface area contributed by atoms with E-state index in [0.717, 1.165) is 18.4 Å². The van der Waals surface area contributed by atoms with Gasteiger partial charge in [-0.15, -0.1) is 0 Å². The number of aromatic nitrogens is 1. The van der Waals surface area contributed by atoms with Gasteiger partial charge in [0.2, 0.25) is 0 Å². The van der Waals surface area contributed by atoms with Crippen LogP contribution in [-0.4, -0.2) is 22.5 Å². The molecule has 4 heteroatoms. The number of hydrogen-bond acceptors (Lipinski definition) is 3. The van der Waals surface area contributed by atoms with Crippen molar-refractivity contribution in [1.82, 2.24) is 10.3 Å². The Labute approximate surface area is 108 Å². The summed E-state index contributed by atoms with van der Waals surface area (Å²) in [4.78, 5) is 15.9. The summed E-state index contributed by atoms with van der Waals surface area (Å²) in [6.45, 7) is 6.52. The summed E-state index contributed by atoms with van der Waals surface area (Å²) in [5, 5.41) is 2.93. The lowest BCUT2D eigenvalue weighted by atomic mass is 10.2. The second-order valence-electron chi connectivity index (χ2n) is 5.70. The van der Waals surface area contributed by atoms with Crippen LogP contribution in [0.2, 0.25) is 0 Å². The third-order valence-electron chi connectivity index (χ3n) is 2.64. The summed E-state index contributed by atoms with van der Waals surface area (Å²) in [6.07, 6.45) is 3.82. The van der Waals surface area contributed by atoms with Gasteiger partial charge in [-0.3, -0.25) is 9.78 Å². The summed E-state index contributed by atoms with van der Waals surface area (Å²) < 4.78 is 5.68. The topological polar surface area (TPSA) is 51.2 Å². The van der Waals surface area contributed by atoms with Gasteiger partial charge in [-0.2, -0.15) is 0 Å². The average molecular weight is 248 g/mol. The zero-order valence-corrected chi connectivity index (χ0v) is 11.2. The van der Waals surface area contributed by atoms with Crippen LogP contribution in [0.25, 0.3) is 0 Å². The number of hydrogen-bond donors (Lipinski definition) is 1. The fourth-order valence-corrected chi connectivity index (χ4v) is 1.48. The number of pyridine rings is 1. The van der Waals surface area contributed by atoms with Gasteiger partial charge >= 0.3 is 0 Å². The van der Waals surface area contributed by atoms with Crippen LogP contribution in [0.5, 0.6) is 0 Å². The number of nitrogens with zero attached hydrogens (tertiary/aromatic N) is 1. The van der Waals surface area contributed by atoms with E-state index in [-0.39, 0.29) is 11.5 Å². The van der Waals surface area contributed by atoms with Gasteiger partial charge in [0.1, 0.15) is 5.69 Å². The van der Waals surface area contributed by atoms with Crippen molar-refractivity contribution in [3.63, 3.8) is 0 Å². The van der Waals surface area contributed by atoms with Crippen LogP contribution < -0.4 is 5.32 Å². The molecule has 0 bridgehead atoms. The first-order valence-corrected chi connectivity index (χ1v) is 6.34. The van der Waals surface area contributed by atoms with Gasteiger partial charge in [-0.1, -0.05) is 0 Å². The maximum atomic E-state index is 11.8. The highest BCUT2D eigenvalue weighted by molar-refractivity contribution is 5.92. The minimum Gasteiger partial charge on any atom is -0.371 e. The van der Waals surface area contributed by atoms with Crippen molar-refractivity contribution < 1.29 is 9.53 Å². The summed E-state index contributed by atoms with van der Waals surface area (Å²) >= 11 is 0. The van der Waals surface area contributed by atoms with Crippen molar-refractivity contribution in [3.8, 4) is 0 Å². The fraction of sp³-hybridized carbons (Fsp3) is 0.571. The Morgan fingerprint density at radius 3 is 2.83 bits per heavy atom. The first-order valence-electron chi connectivity index (χ1n) is 6.34. The van der Waals surface area contributed by atoms with Crippen LogP contribution in [0, 0.1) is 0 Å². The van der Waals surface area contributed by atoms with E-state index in [2.05, 4.69) is 10.3 Å². The molecule has 0 atom stereocenters. The quantitative estimate of drug-likeness (QED) is 0.889. The van der Waals surface area contributed by atoms with Crippen molar-refractivity contribution in [1.29, 1.82) is 0 Å². The monoisotopic (exact) mass is 248 g/mol. The van der Waals surface area contributed by atoms with E-state index in [1.54, 1.807) is 12.3 Å². The molecule has 0 saturated heterocycles. The number of nitrogens with one attached hydrogen (secondary N) is 1. The summed E-state index contributed by atoms with van der Waals surface area (Å²) in [7, 11) is 0. The molecule has 1 N–H and O–H groups in total. The summed E-state index contributed by atoms with van der Waals surface area (Å²) in [6, 6.07) is 4.03. The molecule has 1 amide bonds. The smallest absolute Gasteiger partial charge is 0.270 e. The number of ether oxygens (including phenoxy) is 1. The van der Waals surface area contributed by atoms with Gasteiger partial charge in [0.05, 0.1) is 12.2 Å². The highest BCUT2D eigenvalue weighted by atomic mass is 16.5. The van der Waals surface area contributed by atoms with Crippen LogP contribution >= 0.6 is 0 Å². The predicted octanol–water partition coefficient (Wildman–Crippen LogP) is 2.29. The normalized spacial score (nSPS) is 15.5. The highest BCUT2D eigenvalue weighted by Crippen LogP contribution is 2.19. The van der Waals surface area contributed by atoms with Gasteiger partial charge in [-0.05, 0) is 51.3 Å². The zero-order valence-electron chi connectivity index (χ0n) is 11.2. The summed E-state index contributed by atoms with van der Waals surface area (Å²) in [5.41, 5.74) is 1.26. The third kappa shape index (κ3) is 4.11. The van der Waals surface area contributed by atoms with Gasteiger partial charge in [0, 0.05) is 12.2 Å². The van der Waals surface area contributed by atoms with Crippen LogP contribution in [-0.2, 0) is 11.3 Å². The molecule has 1 heterocycles. The lowest BCUT2D eigenvalue weighted by Gasteiger charge is -2.19. The molecule has 1 fully saturated rings. The number of amides is 1. The van der Waals surface area contributed by atoms with E-state index in [1.807, 2.05) is 26.8 Å². The number of rotatable bonds is 4. The van der Waals surface area contributed by atoms with Crippen LogP contribution in [0.15, 0.2) is 18.3 Å². The number of carbonyl (C=O) groups excluding carboxylic acids is 1. The Balaban J connectivity index is 1.97. The van der Waals surface area contributed by atoms with Crippen molar-refractivity contribution in [2.75, 3.05) is 0 Å². The van der Waals surface area contributed by atoms with Crippen LogP contribution in [0.4, 0.5) is 0 Å². The molecule has 1 aromatic rings. The standard InChI is InChI=1S/C14H20N2O2/c1-14(2,3)18-9-10-6-7-15-12(8-10)13(17)16-11-4-5-11/h6-8,11H,4-5,9H2,1-3H3,(H,16,17). The van der Waals surface area contributed by atoms with E-state index in [1.165, 1.54) is 0 Å². The molecule has 0 unspecified atom stereocenters. The van der Waals surface area contributed by atoms with E-state index in [9.17, 15) is 4.79 Å². The third-order valence-corrected chi connectivity index (χ3v) is 2.64. The molecule has 0 aromatic carbocycles. The van der Waals surface area contributed by atoms with Crippen molar-refractivity contribution >= 4 is 5.91 Å². The van der Waals surface area contributed by atoms with E-state index >= 15 is 0 Å². The minimum atomic E-state index is -0.181. The molecular weight excluding hydrogens is 228 g/mol. The molecule has 98 valence electrons. The predicted molar refractivity (Wildman–Crippen MR) is 69.3 cm³/mol. The van der Waals surface area contributed by atoms with E-state index in [4.69, 9.17) is 4.74 Å². The Bertz CT molecular complexity index is 434. The zero-order chi connectivity index (χ0) is 13.2. The first kappa shape index (κ1) is 13.0. The molecule has 1 aromatic heterocycles. The molecule has 2 rings (SSSR count). The lowest BCUT2D eigenvalue weighted by molar-refractivity contribution is -0.0150. The van der Waals surface area contributed by atoms with Gasteiger partial charge in [0.15, 0.2) is 0 Å². The SMILES string of the molecule is CC(C)(C)OCc1ccnc(C(=O)NC2CC2)c1. The molecule has 1 saturated carbocycles. The Kier molecular flexibility index (Phi) is 3.66. The van der Waals surface area contributed by atoms with Gasteiger partial charge < -0.3 is 10.1 Å². The lowest BCUT2D eigenvalue weighted by Crippen LogP contribution is -2.26. The maximum absolute atomic E-state index is 11.8. The summed E-state index contributed by atoms with van der Waals surface area (Å²) in [5.74, 6) is -0.0879. The minimum absolute atomic E-state index is 0.0879. The Morgan fingerprint density at radius 1 is 1.50 bits per heavy atom. The van der Waals surface area contributed by atoms with Crippen molar-refractivity contribution in [3.05, 3.63) is 29.6 Å². The van der Waals surface area contributed by atoms with Crippen molar-refractivity contribution in [2.24, 2.45) is 0 Å². The molecule has 0 radical (unpaired) electrons. The van der Waals surface area contributed by atoms with E-state index < -0.39 is 0 Å². The molecule has 0 aliphatic heterocycles. The second-order valence-corrected chi connectivity index (χ2v) is 5.70. The van der Waals surface area contributed by atoms with E-state index in [0.29, 0.717) is 18.3 Å². The van der Waals surface area contributed by atoms with Gasteiger partial charge in [0.25, 0.3) is 5.91 Å². The van der Waals surface area contributed by atoms with Crippen LogP contribution in [0.3, 0.4) is 0 Å². The largest absolute Gasteiger partial charge is 0.371 e. The Hall–Kier alpha value is -1.42. The Morgan fingerprint density at radius 2 is 2.22 bits per heavy atom. The molecule has 1 aliphatic carbocycles. The fourth-order valence-electron chi connectivity index (χ4n) is 1.48. The maximum Gasteiger partial charge on any atom is 0.270 e. The van der Waals surface area contributed by atoms with Gasteiger partial charge in [-0.25, -0.2) is 0 Å². The highest BCUT2D eigenvalue weighted by Gasteiger charge is 2.24. The second kappa shape index (κ2) is 5.06. The molecule has 1 aliphatic rings. The average Bonchev–Trinajstić information content (AvgIpc) is 3.10. The number of carbonyl (C=O) groups is 1. The molecule has 18 heavy (non-hydrogen) atoms. The molecular formula is C14H20N2O2. The molecule has 4 nitrogen and oxygen atoms in total. The van der Waals surface area contributed by atoms with Crippen molar-refractivity contribution in [2.45, 2.75) is 51.9 Å². The molecule has 0 spiro atoms.